The van der Waals surface area contributed by atoms with Gasteiger partial charge in [-0.15, -0.1) is 11.6 Å². The van der Waals surface area contributed by atoms with Crippen molar-refractivity contribution in [1.82, 2.24) is 4.90 Å². The Morgan fingerprint density at radius 2 is 1.94 bits per heavy atom. The molecule has 0 bridgehead atoms. The molecule has 0 fully saturated rings. The van der Waals surface area contributed by atoms with Crippen LogP contribution in [-0.4, -0.2) is 23.9 Å². The van der Waals surface area contributed by atoms with Gasteiger partial charge >= 0.3 is 0 Å². The van der Waals surface area contributed by atoms with E-state index in [-0.39, 0.29) is 0 Å². The van der Waals surface area contributed by atoms with Crippen molar-refractivity contribution >= 4 is 34.8 Å². The Kier molecular flexibility index (Phi) is 6.52. The normalized spacial score (nSPS) is 11.1. The third-order valence-electron chi connectivity index (χ3n) is 2.37. The molecular weight excluding hydrogens is 264 g/mol. The molecule has 0 aliphatic rings. The molecule has 4 heteroatoms. The van der Waals surface area contributed by atoms with Crippen molar-refractivity contribution in [3.8, 4) is 0 Å². The number of rotatable bonds is 6. The van der Waals surface area contributed by atoms with Crippen LogP contribution in [0.2, 0.25) is 10.0 Å². The highest BCUT2D eigenvalue weighted by atomic mass is 35.5. The van der Waals surface area contributed by atoms with Crippen LogP contribution in [0.25, 0.3) is 0 Å². The second-order valence-electron chi connectivity index (χ2n) is 3.68. The molecule has 0 amide bonds. The van der Waals surface area contributed by atoms with Gasteiger partial charge in [-0.25, -0.2) is 0 Å². The molecule has 0 radical (unpaired) electrons. The topological polar surface area (TPSA) is 3.24 Å². The molecule has 0 aliphatic heterocycles. The summed E-state index contributed by atoms with van der Waals surface area (Å²) in [6.07, 6.45) is 1.11. The average molecular weight is 281 g/mol. The van der Waals surface area contributed by atoms with Crippen LogP contribution >= 0.6 is 34.8 Å². The van der Waals surface area contributed by atoms with Crippen molar-refractivity contribution in [1.29, 1.82) is 0 Å². The maximum atomic E-state index is 6.15. The fourth-order valence-corrected chi connectivity index (χ4v) is 2.24. The highest BCUT2D eigenvalue weighted by molar-refractivity contribution is 6.42. The van der Waals surface area contributed by atoms with Gasteiger partial charge in [0.2, 0.25) is 0 Å². The summed E-state index contributed by atoms with van der Waals surface area (Å²) in [6.45, 7) is 4.86. The Morgan fingerprint density at radius 1 is 1.19 bits per heavy atom. The number of alkyl halides is 1. The minimum absolute atomic E-state index is 0.612. The van der Waals surface area contributed by atoms with E-state index in [1.54, 1.807) is 6.07 Å². The van der Waals surface area contributed by atoms with Gasteiger partial charge in [-0.1, -0.05) is 42.3 Å². The number of benzene rings is 1. The molecule has 0 heterocycles. The first-order valence-corrected chi connectivity index (χ1v) is 6.69. The largest absolute Gasteiger partial charge is 0.298 e. The zero-order chi connectivity index (χ0) is 12.0. The molecule has 0 aromatic heterocycles. The van der Waals surface area contributed by atoms with Crippen molar-refractivity contribution < 1.29 is 0 Å². The fourth-order valence-electron chi connectivity index (χ4n) is 1.62. The Labute approximate surface area is 112 Å². The third kappa shape index (κ3) is 4.14. The number of halogens is 3. The lowest BCUT2D eigenvalue weighted by Gasteiger charge is -2.21. The van der Waals surface area contributed by atoms with Gasteiger partial charge in [0.1, 0.15) is 0 Å². The SMILES string of the molecule is CCCN(CCCl)Cc1cccc(Cl)c1Cl. The van der Waals surface area contributed by atoms with E-state index in [1.165, 1.54) is 0 Å². The Hall–Kier alpha value is 0.0500. The van der Waals surface area contributed by atoms with Gasteiger partial charge in [0.05, 0.1) is 10.0 Å². The van der Waals surface area contributed by atoms with E-state index in [1.807, 2.05) is 12.1 Å². The predicted octanol–water partition coefficient (Wildman–Crippen LogP) is 4.44. The Balaban J connectivity index is 2.72. The second kappa shape index (κ2) is 7.39. The molecule has 16 heavy (non-hydrogen) atoms. The van der Waals surface area contributed by atoms with Crippen molar-refractivity contribution in [2.75, 3.05) is 19.0 Å². The zero-order valence-corrected chi connectivity index (χ0v) is 11.6. The number of hydrogen-bond acceptors (Lipinski definition) is 1. The van der Waals surface area contributed by atoms with Gasteiger partial charge in [-0.2, -0.15) is 0 Å². The van der Waals surface area contributed by atoms with Gasteiger partial charge in [0.25, 0.3) is 0 Å². The van der Waals surface area contributed by atoms with Gasteiger partial charge in [-0.05, 0) is 24.6 Å². The van der Waals surface area contributed by atoms with Crippen LogP contribution in [0.1, 0.15) is 18.9 Å². The van der Waals surface area contributed by atoms with E-state index in [4.69, 9.17) is 34.8 Å². The van der Waals surface area contributed by atoms with Gasteiger partial charge in [-0.3, -0.25) is 4.90 Å². The summed E-state index contributed by atoms with van der Waals surface area (Å²) in [5, 5.41) is 1.27. The second-order valence-corrected chi connectivity index (χ2v) is 4.84. The van der Waals surface area contributed by atoms with Crippen LogP contribution in [0.15, 0.2) is 18.2 Å². The first-order valence-electron chi connectivity index (χ1n) is 5.40. The molecule has 0 saturated carbocycles. The summed E-state index contributed by atoms with van der Waals surface area (Å²) in [4.78, 5) is 2.28. The highest BCUT2D eigenvalue weighted by Gasteiger charge is 2.09. The van der Waals surface area contributed by atoms with Crippen LogP contribution in [0.5, 0.6) is 0 Å². The van der Waals surface area contributed by atoms with E-state index in [9.17, 15) is 0 Å². The van der Waals surface area contributed by atoms with Crippen LogP contribution in [0, 0.1) is 0 Å². The lowest BCUT2D eigenvalue weighted by molar-refractivity contribution is 0.282. The summed E-state index contributed by atoms with van der Waals surface area (Å²) >= 11 is 17.9. The molecule has 0 N–H and O–H groups in total. The quantitative estimate of drug-likeness (QED) is 0.696. The van der Waals surface area contributed by atoms with Gasteiger partial charge < -0.3 is 0 Å². The van der Waals surface area contributed by atoms with E-state index in [2.05, 4.69) is 11.8 Å². The maximum Gasteiger partial charge on any atom is 0.0637 e. The minimum atomic E-state index is 0.612. The minimum Gasteiger partial charge on any atom is -0.298 e. The number of hydrogen-bond donors (Lipinski definition) is 0. The summed E-state index contributed by atoms with van der Waals surface area (Å²) < 4.78 is 0. The fraction of sp³-hybridized carbons (Fsp3) is 0.500. The van der Waals surface area contributed by atoms with Crippen molar-refractivity contribution in [3.63, 3.8) is 0 Å². The molecule has 1 aromatic rings. The predicted molar refractivity (Wildman–Crippen MR) is 72.8 cm³/mol. The maximum absolute atomic E-state index is 6.15. The summed E-state index contributed by atoms with van der Waals surface area (Å²) in [7, 11) is 0. The average Bonchev–Trinajstić information content (AvgIpc) is 2.25. The van der Waals surface area contributed by atoms with E-state index in [0.29, 0.717) is 15.9 Å². The summed E-state index contributed by atoms with van der Waals surface area (Å²) in [5.41, 5.74) is 1.06. The molecular formula is C12H16Cl3N. The molecule has 0 unspecified atom stereocenters. The van der Waals surface area contributed by atoms with E-state index < -0.39 is 0 Å². The van der Waals surface area contributed by atoms with Gasteiger partial charge in [0.15, 0.2) is 0 Å². The first-order chi connectivity index (χ1) is 7.69. The highest BCUT2D eigenvalue weighted by Crippen LogP contribution is 2.26. The monoisotopic (exact) mass is 279 g/mol. The lowest BCUT2D eigenvalue weighted by Crippen LogP contribution is -2.26. The van der Waals surface area contributed by atoms with E-state index >= 15 is 0 Å². The van der Waals surface area contributed by atoms with Crippen molar-refractivity contribution in [3.05, 3.63) is 33.8 Å². The van der Waals surface area contributed by atoms with Crippen molar-refractivity contribution in [2.45, 2.75) is 19.9 Å². The third-order valence-corrected chi connectivity index (χ3v) is 3.39. The summed E-state index contributed by atoms with van der Waals surface area (Å²) in [5.74, 6) is 0.637. The van der Waals surface area contributed by atoms with Crippen LogP contribution < -0.4 is 0 Å². The molecule has 1 nitrogen and oxygen atoms in total. The molecule has 1 aromatic carbocycles. The smallest absolute Gasteiger partial charge is 0.0637 e. The molecule has 0 aliphatic carbocycles. The van der Waals surface area contributed by atoms with E-state index in [0.717, 1.165) is 31.6 Å². The standard InChI is InChI=1S/C12H16Cl3N/c1-2-7-16(8-6-13)9-10-4-3-5-11(14)12(10)15/h3-5H,2,6-9H2,1H3. The van der Waals surface area contributed by atoms with Crippen LogP contribution in [-0.2, 0) is 6.54 Å². The lowest BCUT2D eigenvalue weighted by atomic mass is 10.2. The molecule has 0 atom stereocenters. The molecule has 90 valence electrons. The van der Waals surface area contributed by atoms with Crippen molar-refractivity contribution in [2.24, 2.45) is 0 Å². The Morgan fingerprint density at radius 3 is 2.56 bits per heavy atom. The van der Waals surface area contributed by atoms with Gasteiger partial charge in [0, 0.05) is 19.0 Å². The molecule has 0 spiro atoms. The first kappa shape index (κ1) is 14.1. The Bertz CT molecular complexity index is 322. The zero-order valence-electron chi connectivity index (χ0n) is 9.35. The van der Waals surface area contributed by atoms with Crippen LogP contribution in [0.3, 0.4) is 0 Å². The molecule has 0 saturated heterocycles. The van der Waals surface area contributed by atoms with Crippen LogP contribution in [0.4, 0.5) is 0 Å². The summed E-state index contributed by atoms with van der Waals surface area (Å²) in [6, 6.07) is 5.73. The molecule has 1 rings (SSSR count). The number of nitrogens with zero attached hydrogens (tertiary/aromatic N) is 1.